The smallest absolute Gasteiger partial charge is 0.280 e. The minimum absolute atomic E-state index is 0.208. The minimum atomic E-state index is -3.51. The van der Waals surface area contributed by atoms with Gasteiger partial charge >= 0.3 is 0 Å². The van der Waals surface area contributed by atoms with Crippen molar-refractivity contribution in [2.24, 2.45) is 7.05 Å². The van der Waals surface area contributed by atoms with Gasteiger partial charge in [-0.25, -0.2) is 9.71 Å². The van der Waals surface area contributed by atoms with Crippen LogP contribution in [-0.4, -0.2) is 35.4 Å². The molecule has 3 heterocycles. The fourth-order valence-corrected chi connectivity index (χ4v) is 4.24. The van der Waals surface area contributed by atoms with Gasteiger partial charge in [0.2, 0.25) is 0 Å². The number of nitrogens with zero attached hydrogens (tertiary/aromatic N) is 3. The molecule has 3 rings (SSSR count). The largest absolute Gasteiger partial charge is 0.468 e. The summed E-state index contributed by atoms with van der Waals surface area (Å²) >= 11 is 0. The molecule has 0 aliphatic carbocycles. The Balaban J connectivity index is 1.63. The topological polar surface area (TPSA) is 80.4 Å². The average Bonchev–Trinajstić information content (AvgIpc) is 3.18. The summed E-state index contributed by atoms with van der Waals surface area (Å²) in [5, 5.41) is 0. The van der Waals surface area contributed by atoms with E-state index in [9.17, 15) is 8.42 Å². The van der Waals surface area contributed by atoms with E-state index in [1.165, 1.54) is 4.31 Å². The Morgan fingerprint density at radius 1 is 1.50 bits per heavy atom. The molecule has 0 saturated carbocycles. The zero-order valence-corrected chi connectivity index (χ0v) is 13.3. The maximum Gasteiger partial charge on any atom is 0.280 e. The molecule has 0 aromatic carbocycles. The highest BCUT2D eigenvalue weighted by Crippen LogP contribution is 2.33. The number of aromatic nitrogens is 2. The van der Waals surface area contributed by atoms with Crippen LogP contribution in [0.4, 0.5) is 0 Å². The highest BCUT2D eigenvalue weighted by molar-refractivity contribution is 7.87. The Bertz CT molecular complexity index is 708. The van der Waals surface area contributed by atoms with E-state index >= 15 is 0 Å². The lowest BCUT2D eigenvalue weighted by atomic mass is 10.2. The number of hydrogen-bond donors (Lipinski definition) is 1. The third-order valence-corrected chi connectivity index (χ3v) is 5.56. The van der Waals surface area contributed by atoms with Crippen molar-refractivity contribution in [1.82, 2.24) is 18.6 Å². The maximum absolute atomic E-state index is 12.5. The van der Waals surface area contributed by atoms with Crippen molar-refractivity contribution in [3.63, 3.8) is 0 Å². The van der Waals surface area contributed by atoms with E-state index in [1.54, 1.807) is 18.5 Å². The number of rotatable bonds is 6. The third kappa shape index (κ3) is 3.08. The first kappa shape index (κ1) is 15.3. The van der Waals surface area contributed by atoms with E-state index in [-0.39, 0.29) is 6.04 Å². The number of furan rings is 1. The minimum Gasteiger partial charge on any atom is -0.468 e. The lowest BCUT2D eigenvalue weighted by Crippen LogP contribution is -2.41. The average molecular weight is 324 g/mol. The molecule has 0 unspecified atom stereocenters. The molecule has 1 atom stereocenters. The molecule has 1 aliphatic rings. The van der Waals surface area contributed by atoms with Crippen LogP contribution >= 0.6 is 0 Å². The van der Waals surface area contributed by atoms with Crippen LogP contribution in [0, 0.1) is 0 Å². The zero-order valence-electron chi connectivity index (χ0n) is 12.5. The molecular formula is C14H20N4O3S. The monoisotopic (exact) mass is 324 g/mol. The molecule has 0 amide bonds. The van der Waals surface area contributed by atoms with Crippen molar-refractivity contribution in [2.45, 2.75) is 25.3 Å². The maximum atomic E-state index is 12.5. The molecule has 2 aromatic rings. The second-order valence-electron chi connectivity index (χ2n) is 5.39. The quantitative estimate of drug-likeness (QED) is 0.866. The SMILES string of the molecule is Cn1ccnc1CCNS(=O)(=O)N1CCC[C@@H]1c1ccco1. The summed E-state index contributed by atoms with van der Waals surface area (Å²) in [6.07, 6.45) is 7.31. The molecule has 2 aromatic heterocycles. The van der Waals surface area contributed by atoms with Crippen LogP contribution in [0.25, 0.3) is 0 Å². The molecule has 120 valence electrons. The first-order chi connectivity index (χ1) is 10.6. The van der Waals surface area contributed by atoms with Gasteiger partial charge in [0, 0.05) is 39.0 Å². The van der Waals surface area contributed by atoms with Gasteiger partial charge in [0.1, 0.15) is 11.6 Å². The summed E-state index contributed by atoms with van der Waals surface area (Å²) in [5.41, 5.74) is 0. The van der Waals surface area contributed by atoms with Crippen LogP contribution in [0.15, 0.2) is 35.2 Å². The van der Waals surface area contributed by atoms with Gasteiger partial charge in [-0.05, 0) is 25.0 Å². The summed E-state index contributed by atoms with van der Waals surface area (Å²) < 4.78 is 36.4. The predicted octanol–water partition coefficient (Wildman–Crippen LogP) is 1.23. The van der Waals surface area contributed by atoms with Gasteiger partial charge in [-0.2, -0.15) is 12.7 Å². The van der Waals surface area contributed by atoms with Gasteiger partial charge in [-0.1, -0.05) is 0 Å². The van der Waals surface area contributed by atoms with E-state index in [1.807, 2.05) is 23.9 Å². The normalized spacial score (nSPS) is 19.8. The van der Waals surface area contributed by atoms with Crippen LogP contribution in [0.1, 0.15) is 30.5 Å². The molecule has 8 heteroatoms. The summed E-state index contributed by atoms with van der Waals surface area (Å²) in [6, 6.07) is 3.40. The van der Waals surface area contributed by atoms with Gasteiger partial charge in [0.25, 0.3) is 10.2 Å². The number of hydrogen-bond acceptors (Lipinski definition) is 4. The van der Waals surface area contributed by atoms with Gasteiger partial charge < -0.3 is 8.98 Å². The number of aryl methyl sites for hydroxylation is 1. The molecule has 0 bridgehead atoms. The van der Waals surface area contributed by atoms with E-state index < -0.39 is 10.2 Å². The molecular weight excluding hydrogens is 304 g/mol. The number of nitrogens with one attached hydrogen (secondary N) is 1. The molecule has 22 heavy (non-hydrogen) atoms. The Labute approximate surface area is 130 Å². The fourth-order valence-electron chi connectivity index (χ4n) is 2.81. The Kier molecular flexibility index (Phi) is 4.32. The lowest BCUT2D eigenvalue weighted by Gasteiger charge is -2.22. The van der Waals surface area contributed by atoms with Crippen molar-refractivity contribution < 1.29 is 12.8 Å². The molecule has 1 saturated heterocycles. The summed E-state index contributed by atoms with van der Waals surface area (Å²) in [4.78, 5) is 4.19. The summed E-state index contributed by atoms with van der Waals surface area (Å²) in [7, 11) is -1.62. The Morgan fingerprint density at radius 2 is 2.36 bits per heavy atom. The van der Waals surface area contributed by atoms with E-state index in [0.29, 0.717) is 25.3 Å². The Morgan fingerprint density at radius 3 is 3.05 bits per heavy atom. The second-order valence-corrected chi connectivity index (χ2v) is 7.10. The van der Waals surface area contributed by atoms with Crippen molar-refractivity contribution in [3.05, 3.63) is 42.4 Å². The highest BCUT2D eigenvalue weighted by Gasteiger charge is 2.36. The van der Waals surface area contributed by atoms with Gasteiger partial charge in [0.05, 0.1) is 12.3 Å². The molecule has 1 N–H and O–H groups in total. The summed E-state index contributed by atoms with van der Waals surface area (Å²) in [5.74, 6) is 1.55. The second kappa shape index (κ2) is 6.23. The van der Waals surface area contributed by atoms with Crippen LogP contribution in [0.3, 0.4) is 0 Å². The molecule has 0 radical (unpaired) electrons. The molecule has 1 fully saturated rings. The number of imidazole rings is 1. The lowest BCUT2D eigenvalue weighted by molar-refractivity contribution is 0.335. The van der Waals surface area contributed by atoms with Crippen LogP contribution in [-0.2, 0) is 23.7 Å². The first-order valence-electron chi connectivity index (χ1n) is 7.34. The zero-order chi connectivity index (χ0) is 15.6. The first-order valence-corrected chi connectivity index (χ1v) is 8.78. The highest BCUT2D eigenvalue weighted by atomic mass is 32.2. The third-order valence-electron chi connectivity index (χ3n) is 3.94. The van der Waals surface area contributed by atoms with E-state index in [4.69, 9.17) is 4.42 Å². The van der Waals surface area contributed by atoms with Crippen molar-refractivity contribution in [3.8, 4) is 0 Å². The Hall–Kier alpha value is -1.64. The van der Waals surface area contributed by atoms with Crippen molar-refractivity contribution >= 4 is 10.2 Å². The predicted molar refractivity (Wildman–Crippen MR) is 81.2 cm³/mol. The molecule has 0 spiro atoms. The van der Waals surface area contributed by atoms with E-state index in [2.05, 4.69) is 9.71 Å². The van der Waals surface area contributed by atoms with Gasteiger partial charge in [-0.15, -0.1) is 0 Å². The van der Waals surface area contributed by atoms with Crippen LogP contribution < -0.4 is 4.72 Å². The van der Waals surface area contributed by atoms with Gasteiger partial charge in [-0.3, -0.25) is 0 Å². The van der Waals surface area contributed by atoms with Crippen LogP contribution in [0.5, 0.6) is 0 Å². The fraction of sp³-hybridized carbons (Fsp3) is 0.500. The van der Waals surface area contributed by atoms with Crippen molar-refractivity contribution in [1.29, 1.82) is 0 Å². The van der Waals surface area contributed by atoms with Gasteiger partial charge in [0.15, 0.2) is 0 Å². The summed E-state index contributed by atoms with van der Waals surface area (Å²) in [6.45, 7) is 0.845. The van der Waals surface area contributed by atoms with E-state index in [0.717, 1.165) is 18.7 Å². The molecule has 7 nitrogen and oxygen atoms in total. The van der Waals surface area contributed by atoms with Crippen molar-refractivity contribution in [2.75, 3.05) is 13.1 Å². The van der Waals surface area contributed by atoms with Crippen LogP contribution in [0.2, 0.25) is 0 Å². The standard InChI is InChI=1S/C14H20N4O3S/c1-17-10-8-15-14(17)6-7-16-22(19,20)18-9-2-4-12(18)13-5-3-11-21-13/h3,5,8,10-12,16H,2,4,6-7,9H2,1H3/t12-/m1/s1. The molecule has 1 aliphatic heterocycles.